The summed E-state index contributed by atoms with van der Waals surface area (Å²) in [4.78, 5) is 12.4. The lowest BCUT2D eigenvalue weighted by molar-refractivity contribution is -0.125. The topological polar surface area (TPSA) is 41.1 Å². The summed E-state index contributed by atoms with van der Waals surface area (Å²) in [6.07, 6.45) is 9.85. The molecule has 0 aromatic carbocycles. The van der Waals surface area contributed by atoms with Crippen LogP contribution in [0.15, 0.2) is 0 Å². The van der Waals surface area contributed by atoms with Gasteiger partial charge in [0.1, 0.15) is 0 Å². The van der Waals surface area contributed by atoms with Crippen LogP contribution in [0, 0.1) is 11.8 Å². The Balaban J connectivity index is 1.83. The first-order valence-corrected chi connectivity index (χ1v) is 8.72. The normalized spacial score (nSPS) is 31.7. The van der Waals surface area contributed by atoms with Gasteiger partial charge in [-0.1, -0.05) is 39.5 Å². The lowest BCUT2D eigenvalue weighted by Gasteiger charge is -2.40. The Morgan fingerprint density at radius 1 is 1.15 bits per heavy atom. The second-order valence-electron chi connectivity index (χ2n) is 6.82. The molecule has 0 bridgehead atoms. The zero-order valence-electron chi connectivity index (χ0n) is 13.5. The molecule has 1 aliphatic carbocycles. The van der Waals surface area contributed by atoms with E-state index in [0.29, 0.717) is 18.0 Å². The molecular formula is C17H32N2O. The minimum absolute atomic E-state index is 0.0474. The van der Waals surface area contributed by atoms with E-state index in [2.05, 4.69) is 31.4 Å². The van der Waals surface area contributed by atoms with Crippen LogP contribution < -0.4 is 10.6 Å². The van der Waals surface area contributed by atoms with Crippen LogP contribution in [-0.4, -0.2) is 24.0 Å². The van der Waals surface area contributed by atoms with E-state index in [1.54, 1.807) is 0 Å². The number of rotatable bonds is 5. The fourth-order valence-electron chi connectivity index (χ4n) is 4.14. The Morgan fingerprint density at radius 2 is 1.85 bits per heavy atom. The van der Waals surface area contributed by atoms with E-state index in [1.807, 2.05) is 0 Å². The van der Waals surface area contributed by atoms with Gasteiger partial charge in [0.2, 0.25) is 5.91 Å². The summed E-state index contributed by atoms with van der Waals surface area (Å²) in [6, 6.07) is 0.936. The molecule has 1 saturated carbocycles. The molecule has 0 spiro atoms. The van der Waals surface area contributed by atoms with Crippen molar-refractivity contribution in [3.05, 3.63) is 0 Å². The standard InChI is InChI=1S/C17H32N2O/c1-4-13(5-2)12(3)18-17(20)16-11-10-14-8-6-7-9-15(14)19-16/h12-16,19H,4-11H2,1-3H3,(H,18,20). The molecule has 116 valence electrons. The number of carbonyl (C=O) groups is 1. The van der Waals surface area contributed by atoms with Crippen LogP contribution >= 0.6 is 0 Å². The first-order chi connectivity index (χ1) is 9.65. The molecule has 2 rings (SSSR count). The summed E-state index contributed by atoms with van der Waals surface area (Å²) < 4.78 is 0. The zero-order chi connectivity index (χ0) is 14.5. The lowest BCUT2D eigenvalue weighted by atomic mass is 9.77. The van der Waals surface area contributed by atoms with Gasteiger partial charge in [0.05, 0.1) is 6.04 Å². The van der Waals surface area contributed by atoms with Crippen molar-refractivity contribution in [2.45, 2.75) is 90.3 Å². The Kier molecular flexibility index (Phi) is 5.88. The number of nitrogens with one attached hydrogen (secondary N) is 2. The highest BCUT2D eigenvalue weighted by atomic mass is 16.2. The van der Waals surface area contributed by atoms with Crippen molar-refractivity contribution in [1.82, 2.24) is 10.6 Å². The predicted octanol–water partition coefficient (Wildman–Crippen LogP) is 3.24. The third kappa shape index (κ3) is 3.75. The molecule has 0 aromatic heterocycles. The van der Waals surface area contributed by atoms with Crippen molar-refractivity contribution in [2.24, 2.45) is 11.8 Å². The summed E-state index contributed by atoms with van der Waals surface area (Å²) in [5.41, 5.74) is 0. The molecule has 2 fully saturated rings. The van der Waals surface area contributed by atoms with Crippen LogP contribution in [0.25, 0.3) is 0 Å². The van der Waals surface area contributed by atoms with Gasteiger partial charge in [0.15, 0.2) is 0 Å². The van der Waals surface area contributed by atoms with Gasteiger partial charge in [-0.2, -0.15) is 0 Å². The number of hydrogen-bond acceptors (Lipinski definition) is 2. The maximum absolute atomic E-state index is 12.4. The highest BCUT2D eigenvalue weighted by Gasteiger charge is 2.34. The van der Waals surface area contributed by atoms with E-state index in [4.69, 9.17) is 0 Å². The fraction of sp³-hybridized carbons (Fsp3) is 0.941. The Morgan fingerprint density at radius 3 is 2.55 bits per heavy atom. The summed E-state index contributed by atoms with van der Waals surface area (Å²) in [5.74, 6) is 1.66. The van der Waals surface area contributed by atoms with Gasteiger partial charge >= 0.3 is 0 Å². The monoisotopic (exact) mass is 280 g/mol. The summed E-state index contributed by atoms with van der Waals surface area (Å²) in [6.45, 7) is 6.58. The van der Waals surface area contributed by atoms with Crippen LogP contribution in [0.1, 0.15) is 72.1 Å². The molecule has 3 heteroatoms. The Labute approximate surface area is 124 Å². The van der Waals surface area contributed by atoms with Crippen LogP contribution in [0.3, 0.4) is 0 Å². The maximum atomic E-state index is 12.4. The predicted molar refractivity (Wildman–Crippen MR) is 83.6 cm³/mol. The number of carbonyl (C=O) groups excluding carboxylic acids is 1. The molecule has 20 heavy (non-hydrogen) atoms. The maximum Gasteiger partial charge on any atom is 0.237 e. The fourth-order valence-corrected chi connectivity index (χ4v) is 4.14. The van der Waals surface area contributed by atoms with E-state index in [-0.39, 0.29) is 11.9 Å². The van der Waals surface area contributed by atoms with Crippen LogP contribution in [0.5, 0.6) is 0 Å². The van der Waals surface area contributed by atoms with Gasteiger partial charge in [-0.15, -0.1) is 0 Å². The number of hydrogen-bond donors (Lipinski definition) is 2. The highest BCUT2D eigenvalue weighted by Crippen LogP contribution is 2.32. The van der Waals surface area contributed by atoms with Gasteiger partial charge in [-0.25, -0.2) is 0 Å². The smallest absolute Gasteiger partial charge is 0.237 e. The minimum atomic E-state index is 0.0474. The van der Waals surface area contributed by atoms with Crippen molar-refractivity contribution >= 4 is 5.91 Å². The van der Waals surface area contributed by atoms with E-state index in [0.717, 1.165) is 25.2 Å². The Hall–Kier alpha value is -0.570. The number of fused-ring (bicyclic) bond motifs is 1. The molecule has 2 aliphatic rings. The van der Waals surface area contributed by atoms with Gasteiger partial charge < -0.3 is 10.6 Å². The molecule has 1 aliphatic heterocycles. The van der Waals surface area contributed by atoms with E-state index >= 15 is 0 Å². The van der Waals surface area contributed by atoms with E-state index in [9.17, 15) is 4.79 Å². The second kappa shape index (κ2) is 7.44. The van der Waals surface area contributed by atoms with Crippen molar-refractivity contribution < 1.29 is 4.79 Å². The minimum Gasteiger partial charge on any atom is -0.352 e. The summed E-state index contributed by atoms with van der Waals surface area (Å²) >= 11 is 0. The first-order valence-electron chi connectivity index (χ1n) is 8.72. The molecule has 2 N–H and O–H groups in total. The van der Waals surface area contributed by atoms with Gasteiger partial charge in [0, 0.05) is 12.1 Å². The zero-order valence-corrected chi connectivity index (χ0v) is 13.5. The SMILES string of the molecule is CCC(CC)C(C)NC(=O)C1CCC2CCCCC2N1. The molecule has 1 amide bonds. The average Bonchev–Trinajstić information content (AvgIpc) is 2.48. The van der Waals surface area contributed by atoms with Crippen molar-refractivity contribution in [3.8, 4) is 0 Å². The van der Waals surface area contributed by atoms with Gasteiger partial charge in [0.25, 0.3) is 0 Å². The number of amides is 1. The summed E-state index contributed by atoms with van der Waals surface area (Å²) in [7, 11) is 0. The average molecular weight is 280 g/mol. The third-order valence-electron chi connectivity index (χ3n) is 5.59. The van der Waals surface area contributed by atoms with Crippen molar-refractivity contribution in [2.75, 3.05) is 0 Å². The lowest BCUT2D eigenvalue weighted by Crippen LogP contribution is -2.56. The molecule has 3 nitrogen and oxygen atoms in total. The molecule has 0 radical (unpaired) electrons. The van der Waals surface area contributed by atoms with E-state index < -0.39 is 0 Å². The molecule has 1 saturated heterocycles. The highest BCUT2D eigenvalue weighted by molar-refractivity contribution is 5.82. The van der Waals surface area contributed by atoms with Gasteiger partial charge in [-0.3, -0.25) is 4.79 Å². The third-order valence-corrected chi connectivity index (χ3v) is 5.59. The second-order valence-corrected chi connectivity index (χ2v) is 6.82. The quantitative estimate of drug-likeness (QED) is 0.812. The first kappa shape index (κ1) is 15.8. The van der Waals surface area contributed by atoms with Crippen molar-refractivity contribution in [1.29, 1.82) is 0 Å². The molecule has 0 aromatic rings. The van der Waals surface area contributed by atoms with Gasteiger partial charge in [-0.05, 0) is 44.4 Å². The summed E-state index contributed by atoms with van der Waals surface area (Å²) in [5, 5.41) is 6.87. The molecule has 1 heterocycles. The Bertz CT molecular complexity index is 314. The number of piperidine rings is 1. The molecule has 4 unspecified atom stereocenters. The molecular weight excluding hydrogens is 248 g/mol. The van der Waals surface area contributed by atoms with Crippen molar-refractivity contribution in [3.63, 3.8) is 0 Å². The van der Waals surface area contributed by atoms with Crippen LogP contribution in [0.4, 0.5) is 0 Å². The molecule has 4 atom stereocenters. The largest absolute Gasteiger partial charge is 0.352 e. The van der Waals surface area contributed by atoms with E-state index in [1.165, 1.54) is 32.1 Å². The van der Waals surface area contributed by atoms with Crippen LogP contribution in [-0.2, 0) is 4.79 Å². The van der Waals surface area contributed by atoms with Crippen LogP contribution in [0.2, 0.25) is 0 Å².